The van der Waals surface area contributed by atoms with E-state index in [9.17, 15) is 9.59 Å². The zero-order chi connectivity index (χ0) is 21.6. The molecular weight excluding hydrogens is 370 g/mol. The maximum absolute atomic E-state index is 12.3. The van der Waals surface area contributed by atoms with Crippen LogP contribution in [0.3, 0.4) is 0 Å². The number of anilines is 1. The van der Waals surface area contributed by atoms with Crippen molar-refractivity contribution >= 4 is 17.7 Å². The second-order valence-electron chi connectivity index (χ2n) is 7.93. The van der Waals surface area contributed by atoms with Gasteiger partial charge in [-0.25, -0.2) is 4.79 Å². The summed E-state index contributed by atoms with van der Waals surface area (Å²) in [7, 11) is 1.68. The van der Waals surface area contributed by atoms with Crippen molar-refractivity contribution in [2.45, 2.75) is 52.9 Å². The van der Waals surface area contributed by atoms with Crippen LogP contribution in [0.1, 0.15) is 62.2 Å². The fraction of sp³-hybridized carbons (Fsp3) is 0.500. The fourth-order valence-corrected chi connectivity index (χ4v) is 2.92. The molecule has 7 nitrogen and oxygen atoms in total. The highest BCUT2D eigenvalue weighted by atomic mass is 16.5. The standard InChI is InChI=1S/C22H31N3O4/c1-7-28-21(27)19-15(2)24-25(6)20(19)23-18(26)9-8-14-29-17-12-10-16(11-13-17)22(3,4)5/h10-13H,7-9,14H2,1-6H3,(H,23,26). The number of hydrogen-bond acceptors (Lipinski definition) is 5. The number of carbonyl (C=O) groups is 2. The van der Waals surface area contributed by atoms with Gasteiger partial charge in [0, 0.05) is 13.5 Å². The topological polar surface area (TPSA) is 82.5 Å². The van der Waals surface area contributed by atoms with Crippen molar-refractivity contribution in [3.05, 3.63) is 41.1 Å². The minimum absolute atomic E-state index is 0.100. The van der Waals surface area contributed by atoms with Crippen molar-refractivity contribution in [3.63, 3.8) is 0 Å². The van der Waals surface area contributed by atoms with Crippen LogP contribution in [0.25, 0.3) is 0 Å². The van der Waals surface area contributed by atoms with E-state index in [0.717, 1.165) is 5.75 Å². The quantitative estimate of drug-likeness (QED) is 0.534. The number of nitrogens with one attached hydrogen (secondary N) is 1. The zero-order valence-electron chi connectivity index (χ0n) is 18.2. The van der Waals surface area contributed by atoms with Crippen LogP contribution in [-0.2, 0) is 22.0 Å². The predicted octanol–water partition coefficient (Wildman–Crippen LogP) is 4.00. The lowest BCUT2D eigenvalue weighted by molar-refractivity contribution is -0.116. The Balaban J connectivity index is 1.86. The molecule has 0 radical (unpaired) electrons. The third-order valence-corrected chi connectivity index (χ3v) is 4.50. The van der Waals surface area contributed by atoms with Gasteiger partial charge >= 0.3 is 5.97 Å². The van der Waals surface area contributed by atoms with Crippen LogP contribution in [0, 0.1) is 6.92 Å². The number of aromatic nitrogens is 2. The van der Waals surface area contributed by atoms with Gasteiger partial charge in [0.25, 0.3) is 0 Å². The molecule has 1 amide bonds. The number of aryl methyl sites for hydroxylation is 2. The monoisotopic (exact) mass is 401 g/mol. The summed E-state index contributed by atoms with van der Waals surface area (Å²) in [5.74, 6) is 0.440. The van der Waals surface area contributed by atoms with E-state index < -0.39 is 5.97 Å². The number of amides is 1. The molecule has 1 aromatic heterocycles. The first-order valence-electron chi connectivity index (χ1n) is 9.87. The first kappa shape index (κ1) is 22.5. The van der Waals surface area contributed by atoms with Crippen molar-refractivity contribution < 1.29 is 19.1 Å². The summed E-state index contributed by atoms with van der Waals surface area (Å²) < 4.78 is 12.3. The molecule has 0 aliphatic carbocycles. The van der Waals surface area contributed by atoms with E-state index >= 15 is 0 Å². The predicted molar refractivity (Wildman–Crippen MR) is 112 cm³/mol. The Morgan fingerprint density at radius 1 is 1.17 bits per heavy atom. The Hall–Kier alpha value is -2.83. The van der Waals surface area contributed by atoms with Gasteiger partial charge in [-0.05, 0) is 43.4 Å². The van der Waals surface area contributed by atoms with Crippen molar-refractivity contribution in [2.75, 3.05) is 18.5 Å². The number of nitrogens with zero attached hydrogens (tertiary/aromatic N) is 2. The Morgan fingerprint density at radius 2 is 1.83 bits per heavy atom. The molecule has 0 aliphatic rings. The lowest BCUT2D eigenvalue weighted by atomic mass is 9.87. The number of benzene rings is 1. The highest BCUT2D eigenvalue weighted by Crippen LogP contribution is 2.24. The number of hydrogen-bond donors (Lipinski definition) is 1. The van der Waals surface area contributed by atoms with Gasteiger partial charge < -0.3 is 14.8 Å². The molecule has 2 rings (SSSR count). The summed E-state index contributed by atoms with van der Waals surface area (Å²) in [6.45, 7) is 10.6. The van der Waals surface area contributed by atoms with E-state index in [1.807, 2.05) is 12.1 Å². The first-order valence-corrected chi connectivity index (χ1v) is 9.87. The van der Waals surface area contributed by atoms with Crippen LogP contribution >= 0.6 is 0 Å². The molecule has 2 aromatic rings. The van der Waals surface area contributed by atoms with Crippen LogP contribution in [0.15, 0.2) is 24.3 Å². The molecule has 0 fully saturated rings. The number of esters is 1. The van der Waals surface area contributed by atoms with Crippen molar-refractivity contribution in [2.24, 2.45) is 7.05 Å². The average Bonchev–Trinajstić information content (AvgIpc) is 2.92. The van der Waals surface area contributed by atoms with E-state index in [0.29, 0.717) is 24.5 Å². The van der Waals surface area contributed by atoms with Gasteiger partial charge in [0.1, 0.15) is 17.1 Å². The van der Waals surface area contributed by atoms with Gasteiger partial charge in [-0.2, -0.15) is 5.10 Å². The van der Waals surface area contributed by atoms with Crippen molar-refractivity contribution in [3.8, 4) is 5.75 Å². The lowest BCUT2D eigenvalue weighted by Crippen LogP contribution is -2.18. The highest BCUT2D eigenvalue weighted by Gasteiger charge is 2.22. The molecule has 1 aromatic carbocycles. The highest BCUT2D eigenvalue weighted by molar-refractivity contribution is 6.01. The average molecular weight is 402 g/mol. The van der Waals surface area contributed by atoms with Gasteiger partial charge in [0.05, 0.1) is 18.9 Å². The molecule has 0 spiro atoms. The van der Waals surface area contributed by atoms with E-state index in [2.05, 4.69) is 43.3 Å². The smallest absolute Gasteiger partial charge is 0.343 e. The summed E-state index contributed by atoms with van der Waals surface area (Å²) in [6.07, 6.45) is 0.824. The maximum atomic E-state index is 12.3. The minimum atomic E-state index is -0.490. The molecule has 1 heterocycles. The van der Waals surface area contributed by atoms with E-state index in [-0.39, 0.29) is 29.9 Å². The Kier molecular flexibility index (Phi) is 7.42. The zero-order valence-corrected chi connectivity index (χ0v) is 18.2. The second-order valence-corrected chi connectivity index (χ2v) is 7.93. The van der Waals surface area contributed by atoms with Crippen LogP contribution in [0.2, 0.25) is 0 Å². The third-order valence-electron chi connectivity index (χ3n) is 4.50. The normalized spacial score (nSPS) is 11.2. The second kappa shape index (κ2) is 9.58. The molecule has 158 valence electrons. The molecule has 1 N–H and O–H groups in total. The molecule has 0 unspecified atom stereocenters. The lowest BCUT2D eigenvalue weighted by Gasteiger charge is -2.19. The molecule has 0 atom stereocenters. The summed E-state index contributed by atoms with van der Waals surface area (Å²) >= 11 is 0. The molecule has 0 saturated carbocycles. The van der Waals surface area contributed by atoms with Crippen LogP contribution < -0.4 is 10.1 Å². The molecular formula is C22H31N3O4. The Bertz CT molecular complexity index is 848. The molecule has 0 saturated heterocycles. The van der Waals surface area contributed by atoms with Crippen LogP contribution in [0.5, 0.6) is 5.75 Å². The first-order chi connectivity index (χ1) is 13.6. The molecule has 0 bridgehead atoms. The fourth-order valence-electron chi connectivity index (χ4n) is 2.92. The maximum Gasteiger partial charge on any atom is 0.343 e. The molecule has 0 aliphatic heterocycles. The van der Waals surface area contributed by atoms with E-state index in [1.54, 1.807) is 20.9 Å². The Labute approximate surface area is 172 Å². The van der Waals surface area contributed by atoms with Crippen LogP contribution in [0.4, 0.5) is 5.82 Å². The molecule has 29 heavy (non-hydrogen) atoms. The number of ether oxygens (including phenoxy) is 2. The van der Waals surface area contributed by atoms with Gasteiger partial charge in [-0.15, -0.1) is 0 Å². The van der Waals surface area contributed by atoms with Crippen LogP contribution in [-0.4, -0.2) is 34.9 Å². The van der Waals surface area contributed by atoms with Crippen molar-refractivity contribution in [1.82, 2.24) is 9.78 Å². The minimum Gasteiger partial charge on any atom is -0.494 e. The van der Waals surface area contributed by atoms with Gasteiger partial charge in [-0.3, -0.25) is 9.48 Å². The summed E-state index contributed by atoms with van der Waals surface area (Å²) in [4.78, 5) is 24.5. The number of rotatable bonds is 8. The van der Waals surface area contributed by atoms with E-state index in [4.69, 9.17) is 9.47 Å². The third kappa shape index (κ3) is 6.07. The summed E-state index contributed by atoms with van der Waals surface area (Å²) in [5, 5.41) is 6.97. The van der Waals surface area contributed by atoms with Gasteiger partial charge in [0.2, 0.25) is 5.91 Å². The summed E-state index contributed by atoms with van der Waals surface area (Å²) in [5.41, 5.74) is 2.15. The Morgan fingerprint density at radius 3 is 2.41 bits per heavy atom. The van der Waals surface area contributed by atoms with Gasteiger partial charge in [0.15, 0.2) is 0 Å². The van der Waals surface area contributed by atoms with E-state index in [1.165, 1.54) is 10.2 Å². The SMILES string of the molecule is CCOC(=O)c1c(C)nn(C)c1NC(=O)CCCOc1ccc(C(C)(C)C)cc1. The number of carbonyl (C=O) groups excluding carboxylic acids is 2. The largest absolute Gasteiger partial charge is 0.494 e. The summed E-state index contributed by atoms with van der Waals surface area (Å²) in [6, 6.07) is 8.02. The van der Waals surface area contributed by atoms with Crippen molar-refractivity contribution in [1.29, 1.82) is 0 Å². The molecule has 7 heteroatoms. The van der Waals surface area contributed by atoms with Gasteiger partial charge in [-0.1, -0.05) is 32.9 Å².